The highest BCUT2D eigenvalue weighted by molar-refractivity contribution is 14.0. The number of guanidine groups is 1. The zero-order valence-electron chi connectivity index (χ0n) is 15.8. The van der Waals surface area contributed by atoms with Gasteiger partial charge in [-0.15, -0.1) is 35.3 Å². The van der Waals surface area contributed by atoms with Crippen molar-refractivity contribution in [1.82, 2.24) is 15.6 Å². The first-order valence-corrected chi connectivity index (χ1v) is 9.58. The first-order chi connectivity index (χ1) is 12.9. The smallest absolute Gasteiger partial charge is 0.372 e. The molecule has 1 aromatic carbocycles. The van der Waals surface area contributed by atoms with E-state index in [1.165, 1.54) is 5.69 Å². The van der Waals surface area contributed by atoms with E-state index in [1.807, 2.05) is 18.2 Å². The molecule has 10 heteroatoms. The van der Waals surface area contributed by atoms with E-state index in [4.69, 9.17) is 0 Å². The van der Waals surface area contributed by atoms with E-state index < -0.39 is 11.9 Å². The second-order valence-corrected chi connectivity index (χ2v) is 6.69. The van der Waals surface area contributed by atoms with Gasteiger partial charge in [-0.3, -0.25) is 4.99 Å². The van der Waals surface area contributed by atoms with E-state index in [2.05, 4.69) is 44.6 Å². The van der Waals surface area contributed by atoms with Crippen LogP contribution in [0.3, 0.4) is 0 Å². The Hall–Kier alpha value is -1.56. The van der Waals surface area contributed by atoms with Crippen LogP contribution < -0.4 is 15.5 Å². The molecule has 2 aromatic rings. The molecule has 28 heavy (non-hydrogen) atoms. The average Bonchev–Trinajstić information content (AvgIpc) is 3.14. The fourth-order valence-electron chi connectivity index (χ4n) is 2.49. The summed E-state index contributed by atoms with van der Waals surface area (Å²) < 4.78 is 37.7. The Bertz CT molecular complexity index is 722. The number of rotatable bonds is 8. The molecule has 1 heterocycles. The maximum atomic E-state index is 12.6. The van der Waals surface area contributed by atoms with Gasteiger partial charge in [0.15, 0.2) is 11.7 Å². The van der Waals surface area contributed by atoms with Crippen LogP contribution in [0.5, 0.6) is 0 Å². The van der Waals surface area contributed by atoms with Crippen molar-refractivity contribution in [1.29, 1.82) is 0 Å². The van der Waals surface area contributed by atoms with Gasteiger partial charge in [-0.25, -0.2) is 4.98 Å². The van der Waals surface area contributed by atoms with Crippen LogP contribution in [-0.2, 0) is 12.7 Å². The van der Waals surface area contributed by atoms with Crippen LogP contribution in [0.15, 0.2) is 40.7 Å². The molecule has 0 amide bonds. The number of thiazole rings is 1. The predicted octanol–water partition coefficient (Wildman–Crippen LogP) is 4.36. The number of nitrogens with zero attached hydrogens (tertiary/aromatic N) is 3. The first kappa shape index (κ1) is 24.5. The Balaban J connectivity index is 0.00000392. The number of aliphatic imine (C=N–C) groups is 1. The van der Waals surface area contributed by atoms with E-state index in [1.54, 1.807) is 7.05 Å². The maximum absolute atomic E-state index is 12.6. The van der Waals surface area contributed by atoms with Gasteiger partial charge in [0.05, 0.1) is 6.54 Å². The fourth-order valence-corrected chi connectivity index (χ4v) is 3.23. The van der Waals surface area contributed by atoms with Crippen molar-refractivity contribution in [2.24, 2.45) is 4.99 Å². The highest BCUT2D eigenvalue weighted by Gasteiger charge is 2.33. The van der Waals surface area contributed by atoms with Gasteiger partial charge in [0.25, 0.3) is 0 Å². The zero-order chi connectivity index (χ0) is 19.7. The van der Waals surface area contributed by atoms with Gasteiger partial charge in [-0.1, -0.05) is 18.2 Å². The quantitative estimate of drug-likeness (QED) is 0.232. The number of hydrogen-bond acceptors (Lipinski definition) is 4. The van der Waals surface area contributed by atoms with Crippen molar-refractivity contribution < 1.29 is 13.2 Å². The molecule has 0 saturated carbocycles. The minimum Gasteiger partial charge on any atom is -0.372 e. The summed E-state index contributed by atoms with van der Waals surface area (Å²) in [5, 5.41) is 7.56. The van der Waals surface area contributed by atoms with Gasteiger partial charge in [0, 0.05) is 37.7 Å². The third-order valence-electron chi connectivity index (χ3n) is 3.87. The number of aromatic nitrogens is 1. The van der Waals surface area contributed by atoms with E-state index in [-0.39, 0.29) is 30.5 Å². The number of anilines is 1. The maximum Gasteiger partial charge on any atom is 0.434 e. The average molecular weight is 527 g/mol. The van der Waals surface area contributed by atoms with E-state index >= 15 is 0 Å². The number of halogens is 4. The third-order valence-corrected chi connectivity index (χ3v) is 4.72. The summed E-state index contributed by atoms with van der Waals surface area (Å²) >= 11 is 0.979. The van der Waals surface area contributed by atoms with Crippen LogP contribution in [0.2, 0.25) is 0 Å². The second-order valence-electron chi connectivity index (χ2n) is 5.75. The standard InChI is InChI=1S/C18H24F3N5S.HI/c1-3-26(14-8-5-4-6-9-14)11-7-10-23-17(22-2)24-12-16-25-15(13-27-16)18(19,20)21;/h4-6,8-9,13H,3,7,10-12H2,1-2H3,(H2,22,23,24);1H. The lowest BCUT2D eigenvalue weighted by atomic mass is 10.2. The van der Waals surface area contributed by atoms with Gasteiger partial charge >= 0.3 is 6.18 Å². The molecule has 0 unspecified atom stereocenters. The summed E-state index contributed by atoms with van der Waals surface area (Å²) in [5.41, 5.74) is 0.333. The molecule has 5 nitrogen and oxygen atoms in total. The summed E-state index contributed by atoms with van der Waals surface area (Å²) in [5.74, 6) is 0.543. The van der Waals surface area contributed by atoms with Gasteiger partial charge in [-0.2, -0.15) is 13.2 Å². The van der Waals surface area contributed by atoms with Gasteiger partial charge in [0.2, 0.25) is 0 Å². The van der Waals surface area contributed by atoms with Crippen molar-refractivity contribution in [2.75, 3.05) is 31.6 Å². The molecule has 0 fully saturated rings. The minimum absolute atomic E-state index is 0. The van der Waals surface area contributed by atoms with Crippen LogP contribution in [0, 0.1) is 0 Å². The van der Waals surface area contributed by atoms with E-state index in [9.17, 15) is 13.2 Å². The molecule has 0 radical (unpaired) electrons. The molecule has 2 rings (SSSR count). The molecule has 0 spiro atoms. The SMILES string of the molecule is CCN(CCCNC(=NC)NCc1nc(C(F)(F)F)cs1)c1ccccc1.I. The number of hydrogen-bond donors (Lipinski definition) is 2. The summed E-state index contributed by atoms with van der Waals surface area (Å²) in [6.07, 6.45) is -3.50. The molecule has 0 atom stereocenters. The molecular weight excluding hydrogens is 502 g/mol. The normalized spacial score (nSPS) is 11.7. The molecule has 0 aliphatic heterocycles. The topological polar surface area (TPSA) is 52.5 Å². The first-order valence-electron chi connectivity index (χ1n) is 8.70. The van der Waals surface area contributed by atoms with Crippen LogP contribution in [0.25, 0.3) is 0 Å². The number of para-hydroxylation sites is 1. The monoisotopic (exact) mass is 527 g/mol. The summed E-state index contributed by atoms with van der Waals surface area (Å²) in [7, 11) is 1.63. The summed E-state index contributed by atoms with van der Waals surface area (Å²) in [6, 6.07) is 10.2. The predicted molar refractivity (Wildman–Crippen MR) is 120 cm³/mol. The van der Waals surface area contributed by atoms with Crippen molar-refractivity contribution in [3.8, 4) is 0 Å². The highest BCUT2D eigenvalue weighted by atomic mass is 127. The third kappa shape index (κ3) is 7.82. The van der Waals surface area contributed by atoms with Crippen LogP contribution in [0.4, 0.5) is 18.9 Å². The molecule has 0 bridgehead atoms. The Labute approximate surface area is 184 Å². The lowest BCUT2D eigenvalue weighted by Gasteiger charge is -2.23. The van der Waals surface area contributed by atoms with Crippen molar-refractivity contribution in [2.45, 2.75) is 26.1 Å². The van der Waals surface area contributed by atoms with Crippen molar-refractivity contribution in [3.63, 3.8) is 0 Å². The largest absolute Gasteiger partial charge is 0.434 e. The Morgan fingerprint density at radius 2 is 1.93 bits per heavy atom. The van der Waals surface area contributed by atoms with Gasteiger partial charge < -0.3 is 15.5 Å². The number of alkyl halides is 3. The Morgan fingerprint density at radius 3 is 2.50 bits per heavy atom. The zero-order valence-corrected chi connectivity index (χ0v) is 18.9. The molecular formula is C18H25F3IN5S. The molecule has 156 valence electrons. The van der Waals surface area contributed by atoms with Crippen LogP contribution in [-0.4, -0.2) is 37.6 Å². The molecule has 0 saturated heterocycles. The Kier molecular flexibility index (Phi) is 10.6. The van der Waals surface area contributed by atoms with E-state index in [0.717, 1.165) is 36.2 Å². The second kappa shape index (κ2) is 12.1. The molecule has 1 aromatic heterocycles. The van der Waals surface area contributed by atoms with Crippen molar-refractivity contribution >= 4 is 47.0 Å². The Morgan fingerprint density at radius 1 is 1.21 bits per heavy atom. The summed E-state index contributed by atoms with van der Waals surface area (Å²) in [6.45, 7) is 4.83. The van der Waals surface area contributed by atoms with Crippen LogP contribution in [0.1, 0.15) is 24.0 Å². The summed E-state index contributed by atoms with van der Waals surface area (Å²) in [4.78, 5) is 9.97. The molecule has 0 aliphatic carbocycles. The van der Waals surface area contributed by atoms with Crippen LogP contribution >= 0.6 is 35.3 Å². The fraction of sp³-hybridized carbons (Fsp3) is 0.444. The number of nitrogens with one attached hydrogen (secondary N) is 2. The molecule has 2 N–H and O–H groups in total. The van der Waals surface area contributed by atoms with E-state index in [0.29, 0.717) is 17.5 Å². The lowest BCUT2D eigenvalue weighted by Crippen LogP contribution is -2.38. The highest BCUT2D eigenvalue weighted by Crippen LogP contribution is 2.29. The van der Waals surface area contributed by atoms with Gasteiger partial charge in [0.1, 0.15) is 5.01 Å². The minimum atomic E-state index is -4.40. The molecule has 0 aliphatic rings. The van der Waals surface area contributed by atoms with Gasteiger partial charge in [-0.05, 0) is 25.5 Å². The van der Waals surface area contributed by atoms with Crippen molar-refractivity contribution in [3.05, 3.63) is 46.4 Å². The lowest BCUT2D eigenvalue weighted by molar-refractivity contribution is -0.140. The number of benzene rings is 1.